The average Bonchev–Trinajstić information content (AvgIpc) is 2.63. The van der Waals surface area contributed by atoms with Crippen molar-refractivity contribution in [1.29, 1.82) is 0 Å². The van der Waals surface area contributed by atoms with E-state index in [1.807, 2.05) is 48.5 Å². The molecular weight excluding hydrogens is 288 g/mol. The maximum absolute atomic E-state index is 12.2. The number of carbonyl (C=O) groups excluding carboxylic acids is 1. The zero-order chi connectivity index (χ0) is 15.9. The Kier molecular flexibility index (Phi) is 5.56. The zero-order valence-corrected chi connectivity index (χ0v) is 13.2. The van der Waals surface area contributed by atoms with Crippen molar-refractivity contribution in [1.82, 2.24) is 0 Å². The molecule has 2 aromatic rings. The molecule has 120 valence electrons. The van der Waals surface area contributed by atoms with Gasteiger partial charge in [-0.15, -0.1) is 0 Å². The maximum Gasteiger partial charge on any atom is 0.165 e. The summed E-state index contributed by atoms with van der Waals surface area (Å²) < 4.78 is 11.7. The summed E-state index contributed by atoms with van der Waals surface area (Å²) in [5.41, 5.74) is 1.94. The van der Waals surface area contributed by atoms with Gasteiger partial charge in [0, 0.05) is 12.0 Å². The number of ketones is 1. The number of ether oxygens (including phenoxy) is 2. The Bertz CT molecular complexity index is 601. The van der Waals surface area contributed by atoms with Crippen LogP contribution < -0.4 is 0 Å². The molecule has 0 unspecified atom stereocenters. The number of hydrogen-bond donors (Lipinski definition) is 0. The highest BCUT2D eigenvalue weighted by Crippen LogP contribution is 2.21. The molecule has 1 saturated heterocycles. The minimum atomic E-state index is 0.0132. The Morgan fingerprint density at radius 3 is 2.35 bits per heavy atom. The van der Waals surface area contributed by atoms with Gasteiger partial charge in [0.2, 0.25) is 0 Å². The normalized spacial score (nSPS) is 21.0. The molecule has 0 aromatic heterocycles. The van der Waals surface area contributed by atoms with Crippen LogP contribution in [0.3, 0.4) is 0 Å². The van der Waals surface area contributed by atoms with Crippen LogP contribution in [0.15, 0.2) is 60.7 Å². The molecular formula is C20H22O3. The van der Waals surface area contributed by atoms with Crippen molar-refractivity contribution in [2.75, 3.05) is 6.61 Å². The molecule has 1 fully saturated rings. The van der Waals surface area contributed by atoms with Gasteiger partial charge >= 0.3 is 0 Å². The van der Waals surface area contributed by atoms with E-state index in [0.717, 1.165) is 18.4 Å². The van der Waals surface area contributed by atoms with Gasteiger partial charge in [0.15, 0.2) is 5.78 Å². The molecule has 2 aromatic carbocycles. The Labute approximate surface area is 137 Å². The summed E-state index contributed by atoms with van der Waals surface area (Å²) in [7, 11) is 0. The molecule has 3 rings (SSSR count). The van der Waals surface area contributed by atoms with Gasteiger partial charge in [-0.05, 0) is 18.4 Å². The first-order valence-corrected chi connectivity index (χ1v) is 8.16. The Morgan fingerprint density at radius 1 is 1.00 bits per heavy atom. The molecule has 23 heavy (non-hydrogen) atoms. The van der Waals surface area contributed by atoms with E-state index in [1.54, 1.807) is 0 Å². The Morgan fingerprint density at radius 2 is 1.70 bits per heavy atom. The van der Waals surface area contributed by atoms with Crippen LogP contribution in [0.25, 0.3) is 0 Å². The first-order valence-electron chi connectivity index (χ1n) is 8.16. The van der Waals surface area contributed by atoms with Crippen LogP contribution in [0.1, 0.15) is 35.2 Å². The van der Waals surface area contributed by atoms with E-state index in [2.05, 4.69) is 12.1 Å². The highest BCUT2D eigenvalue weighted by Gasteiger charge is 2.24. The summed E-state index contributed by atoms with van der Waals surface area (Å²) in [6.07, 6.45) is 2.41. The molecule has 0 radical (unpaired) electrons. The Balaban J connectivity index is 1.41. The summed E-state index contributed by atoms with van der Waals surface area (Å²) >= 11 is 0. The first-order chi connectivity index (χ1) is 11.3. The smallest absolute Gasteiger partial charge is 0.165 e. The van der Waals surface area contributed by atoms with Crippen LogP contribution in [-0.4, -0.2) is 24.6 Å². The molecule has 0 bridgehead atoms. The van der Waals surface area contributed by atoms with Crippen molar-refractivity contribution in [3.63, 3.8) is 0 Å². The van der Waals surface area contributed by atoms with Gasteiger partial charge in [-0.25, -0.2) is 0 Å². The van der Waals surface area contributed by atoms with Gasteiger partial charge in [-0.1, -0.05) is 60.7 Å². The highest BCUT2D eigenvalue weighted by atomic mass is 16.5. The lowest BCUT2D eigenvalue weighted by Gasteiger charge is -2.28. The molecule has 1 aliphatic rings. The van der Waals surface area contributed by atoms with Gasteiger partial charge in [0.05, 0.1) is 25.4 Å². The molecule has 3 heteroatoms. The number of Topliss-reactive ketones (excluding diaryl/α,β-unsaturated/α-hetero) is 1. The van der Waals surface area contributed by atoms with E-state index in [9.17, 15) is 4.79 Å². The van der Waals surface area contributed by atoms with Gasteiger partial charge < -0.3 is 9.47 Å². The molecule has 1 heterocycles. The molecule has 0 N–H and O–H groups in total. The number of rotatable bonds is 6. The summed E-state index contributed by atoms with van der Waals surface area (Å²) in [6, 6.07) is 19.6. The van der Waals surface area contributed by atoms with E-state index >= 15 is 0 Å². The summed E-state index contributed by atoms with van der Waals surface area (Å²) in [4.78, 5) is 12.2. The fraction of sp³-hybridized carbons (Fsp3) is 0.350. The number of benzene rings is 2. The highest BCUT2D eigenvalue weighted by molar-refractivity contribution is 5.96. The third-order valence-electron chi connectivity index (χ3n) is 4.17. The van der Waals surface area contributed by atoms with Gasteiger partial charge in [-0.3, -0.25) is 4.79 Å². The van der Waals surface area contributed by atoms with Gasteiger partial charge in [0.1, 0.15) is 0 Å². The summed E-state index contributed by atoms with van der Waals surface area (Å²) in [6.45, 7) is 1.18. The number of carbonyl (C=O) groups is 1. The minimum absolute atomic E-state index is 0.0132. The SMILES string of the molecule is O=C(C[C@@H]1CC[C@@H](OCc2ccccc2)CO1)c1ccccc1. The third kappa shape index (κ3) is 4.75. The van der Waals surface area contributed by atoms with Gasteiger partial charge in [0.25, 0.3) is 0 Å². The van der Waals surface area contributed by atoms with Crippen molar-refractivity contribution < 1.29 is 14.3 Å². The predicted octanol–water partition coefficient (Wildman–Crippen LogP) is 4.02. The zero-order valence-electron chi connectivity index (χ0n) is 13.2. The molecule has 0 spiro atoms. The summed E-state index contributed by atoms with van der Waals surface area (Å²) in [5, 5.41) is 0. The first kappa shape index (κ1) is 15.9. The Hall–Kier alpha value is -1.97. The lowest BCUT2D eigenvalue weighted by atomic mass is 9.99. The second-order valence-electron chi connectivity index (χ2n) is 5.94. The van der Waals surface area contributed by atoms with Crippen LogP contribution in [0.4, 0.5) is 0 Å². The fourth-order valence-electron chi connectivity index (χ4n) is 2.81. The van der Waals surface area contributed by atoms with E-state index in [4.69, 9.17) is 9.47 Å². The molecule has 1 aliphatic heterocycles. The lowest BCUT2D eigenvalue weighted by Crippen LogP contribution is -2.32. The minimum Gasteiger partial charge on any atom is -0.375 e. The molecule has 0 aliphatic carbocycles. The van der Waals surface area contributed by atoms with Crippen LogP contribution in [0.2, 0.25) is 0 Å². The summed E-state index contributed by atoms with van der Waals surface area (Å²) in [5.74, 6) is 0.152. The predicted molar refractivity (Wildman–Crippen MR) is 89.4 cm³/mol. The third-order valence-corrected chi connectivity index (χ3v) is 4.17. The molecule has 0 amide bonds. The molecule has 0 saturated carbocycles. The largest absolute Gasteiger partial charge is 0.375 e. The van der Waals surface area contributed by atoms with Crippen molar-refractivity contribution in [2.45, 2.75) is 38.1 Å². The number of hydrogen-bond acceptors (Lipinski definition) is 3. The topological polar surface area (TPSA) is 35.5 Å². The van der Waals surface area contributed by atoms with E-state index in [-0.39, 0.29) is 18.0 Å². The average molecular weight is 310 g/mol. The van der Waals surface area contributed by atoms with Crippen LogP contribution >= 0.6 is 0 Å². The van der Waals surface area contributed by atoms with Crippen molar-refractivity contribution >= 4 is 5.78 Å². The molecule has 3 nitrogen and oxygen atoms in total. The lowest BCUT2D eigenvalue weighted by molar-refractivity contribution is -0.0897. The standard InChI is InChI=1S/C20H22O3/c21-20(17-9-5-2-6-10-17)13-18-11-12-19(15-23-18)22-14-16-7-3-1-4-8-16/h1-10,18-19H,11-15H2/t18-,19+/m0/s1. The fourth-order valence-corrected chi connectivity index (χ4v) is 2.81. The van der Waals surface area contributed by atoms with Crippen LogP contribution in [0, 0.1) is 0 Å². The van der Waals surface area contributed by atoms with Gasteiger partial charge in [-0.2, -0.15) is 0 Å². The second kappa shape index (κ2) is 8.04. The van der Waals surface area contributed by atoms with E-state index in [0.29, 0.717) is 19.6 Å². The van der Waals surface area contributed by atoms with Crippen LogP contribution in [0.5, 0.6) is 0 Å². The quantitative estimate of drug-likeness (QED) is 0.756. The van der Waals surface area contributed by atoms with Crippen molar-refractivity contribution in [3.05, 3.63) is 71.8 Å². The maximum atomic E-state index is 12.2. The van der Waals surface area contributed by atoms with Crippen molar-refractivity contribution in [2.24, 2.45) is 0 Å². The molecule has 2 atom stereocenters. The van der Waals surface area contributed by atoms with E-state index in [1.165, 1.54) is 5.56 Å². The van der Waals surface area contributed by atoms with E-state index < -0.39 is 0 Å². The van der Waals surface area contributed by atoms with Crippen molar-refractivity contribution in [3.8, 4) is 0 Å². The second-order valence-corrected chi connectivity index (χ2v) is 5.94. The van der Waals surface area contributed by atoms with Crippen LogP contribution in [-0.2, 0) is 16.1 Å². The monoisotopic (exact) mass is 310 g/mol.